The first kappa shape index (κ1) is 38.5. The molecular formula is C55H49N4OPt-3. The number of benzene rings is 6. The van der Waals surface area contributed by atoms with Crippen LogP contribution >= 0.6 is 0 Å². The second-order valence-electron chi connectivity index (χ2n) is 19.1. The molecule has 3 heterocycles. The maximum atomic E-state index is 6.82. The number of hydrogen-bond acceptors (Lipinski definition) is 4. The third kappa shape index (κ3) is 6.01. The van der Waals surface area contributed by atoms with Crippen LogP contribution in [0.3, 0.4) is 0 Å². The molecule has 5 nitrogen and oxygen atoms in total. The monoisotopic (exact) mass is 976 g/mol. The fraction of sp³-hybridized carbons (Fsp3) is 0.273. The molecule has 1 aliphatic heterocycles. The van der Waals surface area contributed by atoms with Gasteiger partial charge in [0.05, 0.1) is 0 Å². The van der Waals surface area contributed by atoms with Crippen molar-refractivity contribution in [3.8, 4) is 17.3 Å². The minimum absolute atomic E-state index is 0. The van der Waals surface area contributed by atoms with Crippen molar-refractivity contribution in [2.45, 2.75) is 63.7 Å². The number of rotatable bonds is 6. The summed E-state index contributed by atoms with van der Waals surface area (Å²) in [6, 6.07) is 54.1. The molecule has 13 rings (SSSR count). The van der Waals surface area contributed by atoms with Gasteiger partial charge in [-0.1, -0.05) is 99.1 Å². The topological polar surface area (TPSA) is 33.5 Å². The van der Waals surface area contributed by atoms with Gasteiger partial charge in [-0.2, -0.15) is 12.7 Å². The van der Waals surface area contributed by atoms with Crippen LogP contribution in [0.1, 0.15) is 69.6 Å². The van der Waals surface area contributed by atoms with Gasteiger partial charge in [0, 0.05) is 61.1 Å². The molecule has 0 unspecified atom stereocenters. The van der Waals surface area contributed by atoms with Crippen LogP contribution in [0.4, 0.5) is 17.1 Å². The van der Waals surface area contributed by atoms with Gasteiger partial charge in [-0.15, -0.1) is 47.0 Å². The van der Waals surface area contributed by atoms with Crippen molar-refractivity contribution in [1.82, 2.24) is 9.55 Å². The number of pyridine rings is 1. The maximum absolute atomic E-state index is 6.82. The number of ether oxygens (including phenoxy) is 1. The van der Waals surface area contributed by atoms with E-state index in [1.54, 1.807) is 0 Å². The van der Waals surface area contributed by atoms with Crippen molar-refractivity contribution in [3.63, 3.8) is 0 Å². The third-order valence-electron chi connectivity index (χ3n) is 14.7. The third-order valence-corrected chi connectivity index (χ3v) is 14.7. The van der Waals surface area contributed by atoms with Gasteiger partial charge in [0.25, 0.3) is 0 Å². The zero-order valence-corrected chi connectivity index (χ0v) is 37.4. The first-order valence-electron chi connectivity index (χ1n) is 21.8. The van der Waals surface area contributed by atoms with Crippen molar-refractivity contribution in [3.05, 3.63) is 169 Å². The molecule has 4 saturated carbocycles. The number of hydrogen-bond donors (Lipinski definition) is 0. The second-order valence-corrected chi connectivity index (χ2v) is 19.1. The Bertz CT molecular complexity index is 2960. The second kappa shape index (κ2) is 14.3. The average molecular weight is 977 g/mol. The summed E-state index contributed by atoms with van der Waals surface area (Å²) in [5, 5.41) is 5.03. The standard InChI is InChI=1S/C55H49N4O.Pt/c1-54(2,3)39-29-42(58-34-57(4)50-18-9-10-19-51(50)58)32-44(30-39)60-43-20-21-47-46-15-7-8-17-49(46)59(52(47)33-43)53-31-38(22-23-56-53)55(40-25-35-24-36(27-40)28-41(55)26-35)48-16-11-13-37-12-5-6-14-45(37)48;/h5-23,29-31,34-36,40-41H,24-28H2,1-4H3;/q-3;. The number of nitrogens with zero attached hydrogens (tertiary/aromatic N) is 4. The molecule has 0 spiro atoms. The molecule has 0 saturated heterocycles. The maximum Gasteiger partial charge on any atom is 0.135 e. The molecule has 6 heteroatoms. The zero-order chi connectivity index (χ0) is 40.3. The number of aromatic nitrogens is 2. The van der Waals surface area contributed by atoms with Crippen LogP contribution in [0, 0.1) is 42.5 Å². The minimum Gasteiger partial charge on any atom is -0.509 e. The summed E-state index contributed by atoms with van der Waals surface area (Å²) >= 11 is 0. The van der Waals surface area contributed by atoms with Gasteiger partial charge in [0.1, 0.15) is 5.82 Å². The Morgan fingerprint density at radius 2 is 1.39 bits per heavy atom. The summed E-state index contributed by atoms with van der Waals surface area (Å²) in [5.74, 6) is 5.16. The fourth-order valence-electron chi connectivity index (χ4n) is 12.3. The molecule has 308 valence electrons. The van der Waals surface area contributed by atoms with Gasteiger partial charge in [0.15, 0.2) is 0 Å². The number of anilines is 3. The van der Waals surface area contributed by atoms with Gasteiger partial charge < -0.3 is 19.1 Å². The largest absolute Gasteiger partial charge is 0.509 e. The zero-order valence-electron chi connectivity index (χ0n) is 35.1. The fourth-order valence-corrected chi connectivity index (χ4v) is 12.3. The van der Waals surface area contributed by atoms with E-state index in [-0.39, 0.29) is 31.9 Å². The quantitative estimate of drug-likeness (QED) is 0.156. The molecule has 0 radical (unpaired) electrons. The Kier molecular flexibility index (Phi) is 9.06. The first-order valence-corrected chi connectivity index (χ1v) is 21.8. The average Bonchev–Trinajstić information content (AvgIpc) is 3.77. The molecule has 6 aromatic carbocycles. The van der Waals surface area contributed by atoms with E-state index < -0.39 is 0 Å². The van der Waals surface area contributed by atoms with Crippen LogP contribution in [0.2, 0.25) is 0 Å². The SMILES string of the molecule is CN1[CH-]N(c2[c-]c(Oc3[c-]c4c(cc3)c3ccccc3n4-c3cc(C4(c5cccc6ccccc56)C5CC6CC(C5)CC4C6)ccn3)cc(C(C)(C)C)c2)c2ccccc21.[Pt]. The van der Waals surface area contributed by atoms with Crippen LogP contribution in [0.25, 0.3) is 38.4 Å². The van der Waals surface area contributed by atoms with E-state index >= 15 is 0 Å². The van der Waals surface area contributed by atoms with Crippen molar-refractivity contribution in [2.75, 3.05) is 16.8 Å². The Labute approximate surface area is 373 Å². The molecular weight excluding hydrogens is 928 g/mol. The summed E-state index contributed by atoms with van der Waals surface area (Å²) in [5.41, 5.74) is 9.20. The van der Waals surface area contributed by atoms with E-state index in [4.69, 9.17) is 9.72 Å². The van der Waals surface area contributed by atoms with Gasteiger partial charge in [-0.25, -0.2) is 4.98 Å². The van der Waals surface area contributed by atoms with Crippen molar-refractivity contribution in [1.29, 1.82) is 0 Å². The number of para-hydroxylation sites is 3. The van der Waals surface area contributed by atoms with Crippen LogP contribution in [0.5, 0.6) is 11.5 Å². The van der Waals surface area contributed by atoms with Gasteiger partial charge >= 0.3 is 0 Å². The molecule has 0 atom stereocenters. The van der Waals surface area contributed by atoms with Crippen LogP contribution in [-0.4, -0.2) is 16.6 Å². The van der Waals surface area contributed by atoms with E-state index in [0.717, 1.165) is 51.1 Å². The molecule has 4 fully saturated rings. The van der Waals surface area contributed by atoms with E-state index in [2.05, 4.69) is 195 Å². The molecule has 2 aromatic heterocycles. The summed E-state index contributed by atoms with van der Waals surface area (Å²) in [6.45, 7) is 8.86. The summed E-state index contributed by atoms with van der Waals surface area (Å²) in [6.07, 6.45) is 8.74. The molecule has 0 N–H and O–H groups in total. The normalized spacial score (nSPS) is 22.9. The minimum atomic E-state index is -0.107. The number of fused-ring (bicyclic) bond motifs is 5. The van der Waals surface area contributed by atoms with E-state index in [0.29, 0.717) is 23.3 Å². The van der Waals surface area contributed by atoms with Crippen molar-refractivity contribution in [2.24, 2.45) is 23.7 Å². The van der Waals surface area contributed by atoms with Gasteiger partial charge in [-0.3, -0.25) is 0 Å². The Balaban J connectivity index is 0.00000420. The van der Waals surface area contributed by atoms with Gasteiger partial charge in [0.2, 0.25) is 0 Å². The molecule has 0 amide bonds. The smallest absolute Gasteiger partial charge is 0.135 e. The van der Waals surface area contributed by atoms with Crippen LogP contribution in [-0.2, 0) is 31.9 Å². The van der Waals surface area contributed by atoms with E-state index in [9.17, 15) is 0 Å². The van der Waals surface area contributed by atoms with E-state index in [1.807, 2.05) is 0 Å². The van der Waals surface area contributed by atoms with Crippen LogP contribution < -0.4 is 14.5 Å². The van der Waals surface area contributed by atoms with E-state index in [1.165, 1.54) is 65.0 Å². The van der Waals surface area contributed by atoms with Crippen LogP contribution in [0.15, 0.2) is 134 Å². The first-order chi connectivity index (χ1) is 29.2. The van der Waals surface area contributed by atoms with Crippen molar-refractivity contribution < 1.29 is 25.8 Å². The van der Waals surface area contributed by atoms with Crippen molar-refractivity contribution >= 4 is 49.6 Å². The molecule has 5 aliphatic rings. The van der Waals surface area contributed by atoms with Gasteiger partial charge in [-0.05, 0) is 126 Å². The Morgan fingerprint density at radius 3 is 2.18 bits per heavy atom. The molecule has 61 heavy (non-hydrogen) atoms. The predicted molar refractivity (Wildman–Crippen MR) is 245 cm³/mol. The summed E-state index contributed by atoms with van der Waals surface area (Å²) in [4.78, 5) is 9.56. The molecule has 4 aliphatic carbocycles. The Morgan fingerprint density at radius 1 is 0.689 bits per heavy atom. The Hall–Kier alpha value is -5.38. The predicted octanol–water partition coefficient (Wildman–Crippen LogP) is 13.5. The summed E-state index contributed by atoms with van der Waals surface area (Å²) in [7, 11) is 2.09. The molecule has 4 bridgehead atoms. The molecule has 8 aromatic rings. The summed E-state index contributed by atoms with van der Waals surface area (Å²) < 4.78 is 9.14.